The molecule has 1 atom stereocenters. The van der Waals surface area contributed by atoms with Crippen molar-refractivity contribution in [3.8, 4) is 0 Å². The van der Waals surface area contributed by atoms with Crippen LogP contribution in [0.4, 0.5) is 0 Å². The summed E-state index contributed by atoms with van der Waals surface area (Å²) >= 11 is 0. The molecule has 0 saturated carbocycles. The number of hydrogen-bond acceptors (Lipinski definition) is 5. The van der Waals surface area contributed by atoms with E-state index in [2.05, 4.69) is 13.8 Å². The highest BCUT2D eigenvalue weighted by atomic mass is 16.3. The van der Waals surface area contributed by atoms with Gasteiger partial charge in [0.25, 0.3) is 5.91 Å². The zero-order valence-corrected chi connectivity index (χ0v) is 19.5. The molecule has 3 aromatic rings. The Bertz CT molecular complexity index is 1170. The fourth-order valence-corrected chi connectivity index (χ4v) is 4.31. The predicted molar refractivity (Wildman–Crippen MR) is 128 cm³/mol. The Morgan fingerprint density at radius 3 is 2.45 bits per heavy atom. The summed E-state index contributed by atoms with van der Waals surface area (Å²) in [4.78, 5) is 30.3. The van der Waals surface area contributed by atoms with E-state index in [4.69, 9.17) is 4.42 Å². The van der Waals surface area contributed by atoms with Gasteiger partial charge in [0.05, 0.1) is 11.6 Å². The van der Waals surface area contributed by atoms with Crippen molar-refractivity contribution in [1.29, 1.82) is 0 Å². The number of carbonyl (C=O) groups is 2. The number of aliphatic hydroxyl groups is 1. The van der Waals surface area contributed by atoms with Crippen LogP contribution in [0.5, 0.6) is 0 Å². The summed E-state index contributed by atoms with van der Waals surface area (Å²) in [7, 11) is 3.94. The second-order valence-corrected chi connectivity index (χ2v) is 9.12. The number of carbonyl (C=O) groups excluding carboxylic acids is 2. The number of aliphatic hydroxyl groups excluding tert-OH is 1. The smallest absolute Gasteiger partial charge is 0.290 e. The van der Waals surface area contributed by atoms with Crippen LogP contribution in [0.2, 0.25) is 0 Å². The van der Waals surface area contributed by atoms with E-state index < -0.39 is 23.5 Å². The van der Waals surface area contributed by atoms with Crippen LogP contribution in [-0.4, -0.2) is 53.8 Å². The molecule has 1 N–H and O–H groups in total. The second kappa shape index (κ2) is 9.24. The fraction of sp³-hybridized carbons (Fsp3) is 0.333. The predicted octanol–water partition coefficient (Wildman–Crippen LogP) is 5.09. The van der Waals surface area contributed by atoms with E-state index in [-0.39, 0.29) is 11.3 Å². The molecule has 0 radical (unpaired) electrons. The molecule has 0 spiro atoms. The summed E-state index contributed by atoms with van der Waals surface area (Å²) in [6.07, 6.45) is 0.721. The van der Waals surface area contributed by atoms with Crippen molar-refractivity contribution in [3.63, 3.8) is 0 Å². The molecule has 0 unspecified atom stereocenters. The van der Waals surface area contributed by atoms with E-state index >= 15 is 0 Å². The summed E-state index contributed by atoms with van der Waals surface area (Å²) in [5.41, 5.74) is 2.62. The molecular weight excluding hydrogens is 416 g/mol. The van der Waals surface area contributed by atoms with Crippen LogP contribution >= 0.6 is 0 Å². The number of rotatable bonds is 8. The molecule has 172 valence electrons. The number of hydrogen-bond donors (Lipinski definition) is 1. The minimum atomic E-state index is -0.665. The van der Waals surface area contributed by atoms with Gasteiger partial charge in [-0.3, -0.25) is 9.59 Å². The van der Waals surface area contributed by atoms with E-state index in [1.807, 2.05) is 61.5 Å². The maximum Gasteiger partial charge on any atom is 0.290 e. The first-order chi connectivity index (χ1) is 15.8. The number of amides is 1. The lowest BCUT2D eigenvalue weighted by molar-refractivity contribution is -0.129. The highest BCUT2D eigenvalue weighted by Gasteiger charge is 2.44. The van der Waals surface area contributed by atoms with Gasteiger partial charge in [0.2, 0.25) is 5.78 Å². The number of para-hydroxylation sites is 1. The summed E-state index contributed by atoms with van der Waals surface area (Å²) in [5, 5.41) is 11.6. The van der Waals surface area contributed by atoms with E-state index in [1.54, 1.807) is 17.0 Å². The first kappa shape index (κ1) is 22.8. The highest BCUT2D eigenvalue weighted by Crippen LogP contribution is 2.40. The normalized spacial score (nSPS) is 16.6. The van der Waals surface area contributed by atoms with Crippen LogP contribution in [0.25, 0.3) is 11.0 Å². The van der Waals surface area contributed by atoms with Crippen LogP contribution in [0, 0.1) is 0 Å². The van der Waals surface area contributed by atoms with Crippen molar-refractivity contribution in [3.05, 3.63) is 82.8 Å². The van der Waals surface area contributed by atoms with Gasteiger partial charge < -0.3 is 19.3 Å². The van der Waals surface area contributed by atoms with Gasteiger partial charge in [-0.25, -0.2) is 0 Å². The van der Waals surface area contributed by atoms with Gasteiger partial charge in [0, 0.05) is 11.9 Å². The van der Waals surface area contributed by atoms with Crippen molar-refractivity contribution < 1.29 is 19.1 Å². The number of nitrogens with zero attached hydrogens (tertiary/aromatic N) is 2. The number of furan rings is 1. The summed E-state index contributed by atoms with van der Waals surface area (Å²) in [6.45, 7) is 5.44. The third-order valence-electron chi connectivity index (χ3n) is 6.12. The monoisotopic (exact) mass is 446 g/mol. The van der Waals surface area contributed by atoms with Gasteiger partial charge in [-0.15, -0.1) is 0 Å². The molecule has 1 aliphatic rings. The van der Waals surface area contributed by atoms with Gasteiger partial charge >= 0.3 is 0 Å². The first-order valence-corrected chi connectivity index (χ1v) is 11.3. The Morgan fingerprint density at radius 2 is 1.82 bits per heavy atom. The van der Waals surface area contributed by atoms with Gasteiger partial charge in [0.1, 0.15) is 5.58 Å². The number of Topliss-reactive ketones (excluding diaryl/α,β-unsaturated/α-hetero) is 1. The average Bonchev–Trinajstić information content (AvgIpc) is 3.33. The van der Waals surface area contributed by atoms with Crippen molar-refractivity contribution in [1.82, 2.24) is 9.80 Å². The molecule has 0 aliphatic carbocycles. The zero-order chi connectivity index (χ0) is 23.7. The molecule has 1 amide bonds. The molecule has 4 rings (SSSR count). The molecule has 0 saturated heterocycles. The van der Waals surface area contributed by atoms with Crippen LogP contribution in [0.3, 0.4) is 0 Å². The molecule has 6 heteroatoms. The molecule has 1 aromatic heterocycles. The highest BCUT2D eigenvalue weighted by molar-refractivity contribution is 6.16. The minimum absolute atomic E-state index is 0.0706. The van der Waals surface area contributed by atoms with E-state index in [1.165, 1.54) is 5.56 Å². The number of benzene rings is 2. The van der Waals surface area contributed by atoms with Crippen molar-refractivity contribution in [2.75, 3.05) is 27.2 Å². The third kappa shape index (κ3) is 4.44. The van der Waals surface area contributed by atoms with Crippen molar-refractivity contribution in [2.24, 2.45) is 0 Å². The number of ketones is 1. The van der Waals surface area contributed by atoms with Gasteiger partial charge in [-0.2, -0.15) is 0 Å². The topological polar surface area (TPSA) is 74.0 Å². The van der Waals surface area contributed by atoms with Crippen molar-refractivity contribution in [2.45, 2.75) is 32.2 Å². The van der Waals surface area contributed by atoms with Crippen LogP contribution in [-0.2, 0) is 4.79 Å². The SMILES string of the molecule is CC(C)c1ccc([C@@H]2C(C(=O)c3cc4ccccc4o3)=C(O)C(=O)N2CCCN(C)C)cc1. The molecule has 2 heterocycles. The van der Waals surface area contributed by atoms with Gasteiger partial charge in [-0.1, -0.05) is 56.3 Å². The standard InChI is InChI=1S/C27H30N2O4/c1-17(2)18-10-12-19(13-11-18)24-23(26(31)27(32)29(24)15-7-14-28(3)4)25(30)22-16-20-8-5-6-9-21(20)33-22/h5-6,8-13,16-17,24,31H,7,14-15H2,1-4H3/t24-/m1/s1. The van der Waals surface area contributed by atoms with E-state index in [9.17, 15) is 14.7 Å². The summed E-state index contributed by atoms with van der Waals surface area (Å²) in [5.74, 6) is -1.01. The maximum absolute atomic E-state index is 13.6. The Morgan fingerprint density at radius 1 is 1.12 bits per heavy atom. The zero-order valence-electron chi connectivity index (χ0n) is 19.5. The van der Waals surface area contributed by atoms with E-state index in [0.717, 1.165) is 23.9 Å². The van der Waals surface area contributed by atoms with Crippen LogP contribution in [0.1, 0.15) is 53.9 Å². The molecule has 0 bridgehead atoms. The van der Waals surface area contributed by atoms with Crippen molar-refractivity contribution >= 4 is 22.7 Å². The lowest BCUT2D eigenvalue weighted by Gasteiger charge is -2.27. The van der Waals surface area contributed by atoms with Crippen LogP contribution < -0.4 is 0 Å². The first-order valence-electron chi connectivity index (χ1n) is 11.3. The summed E-state index contributed by atoms with van der Waals surface area (Å²) in [6, 6.07) is 16.3. The Kier molecular flexibility index (Phi) is 6.38. The quantitative estimate of drug-likeness (QED) is 0.488. The van der Waals surface area contributed by atoms with Gasteiger partial charge in [-0.05, 0) is 56.2 Å². The van der Waals surface area contributed by atoms with Crippen LogP contribution in [0.15, 0.2) is 70.3 Å². The fourth-order valence-electron chi connectivity index (χ4n) is 4.31. The molecule has 2 aromatic carbocycles. The molecule has 0 fully saturated rings. The maximum atomic E-state index is 13.6. The molecule has 33 heavy (non-hydrogen) atoms. The minimum Gasteiger partial charge on any atom is -0.503 e. The average molecular weight is 447 g/mol. The number of fused-ring (bicyclic) bond motifs is 1. The lowest BCUT2D eigenvalue weighted by atomic mass is 9.93. The Hall–Kier alpha value is -3.38. The lowest BCUT2D eigenvalue weighted by Crippen LogP contribution is -2.33. The van der Waals surface area contributed by atoms with E-state index in [0.29, 0.717) is 18.0 Å². The third-order valence-corrected chi connectivity index (χ3v) is 6.12. The largest absolute Gasteiger partial charge is 0.503 e. The van der Waals surface area contributed by atoms with Gasteiger partial charge in [0.15, 0.2) is 11.5 Å². The second-order valence-electron chi connectivity index (χ2n) is 9.12. The Labute approximate surface area is 194 Å². The molecular formula is C27H30N2O4. The molecule has 6 nitrogen and oxygen atoms in total. The summed E-state index contributed by atoms with van der Waals surface area (Å²) < 4.78 is 5.78. The Balaban J connectivity index is 1.74. The molecule has 1 aliphatic heterocycles.